The number of carbonyl (C=O) groups excluding carboxylic acids is 1. The van der Waals surface area contributed by atoms with Gasteiger partial charge in [-0.2, -0.15) is 0 Å². The number of rotatable bonds is 5. The predicted molar refractivity (Wildman–Crippen MR) is 93.8 cm³/mol. The minimum atomic E-state index is -0.263. The first-order chi connectivity index (χ1) is 11.5. The van der Waals surface area contributed by atoms with E-state index in [1.807, 2.05) is 44.1 Å². The number of anilines is 1. The molecule has 0 unspecified atom stereocenters. The molecule has 1 atom stereocenters. The Morgan fingerprint density at radius 2 is 2.12 bits per heavy atom. The molecule has 0 spiro atoms. The monoisotopic (exact) mass is 347 g/mol. The van der Waals surface area contributed by atoms with Gasteiger partial charge in [0.1, 0.15) is 13.2 Å². The fraction of sp³-hybridized carbons (Fsp3) is 0.412. The van der Waals surface area contributed by atoms with Crippen LogP contribution in [0.2, 0.25) is 0 Å². The molecule has 7 heteroatoms. The SMILES string of the molecule is Cc1ncc(CN(C)[C@H](C)C(=O)Nc2ccc3c(c2)OCCO3)s1. The average molecular weight is 347 g/mol. The van der Waals surface area contributed by atoms with Gasteiger partial charge < -0.3 is 14.8 Å². The lowest BCUT2D eigenvalue weighted by Gasteiger charge is -2.24. The largest absolute Gasteiger partial charge is 0.486 e. The fourth-order valence-electron chi connectivity index (χ4n) is 2.43. The number of nitrogens with one attached hydrogen (secondary N) is 1. The lowest BCUT2D eigenvalue weighted by atomic mass is 10.2. The van der Waals surface area contributed by atoms with Crippen molar-refractivity contribution in [1.29, 1.82) is 0 Å². The molecule has 3 rings (SSSR count). The minimum Gasteiger partial charge on any atom is -0.486 e. The molecule has 128 valence electrons. The van der Waals surface area contributed by atoms with Crippen molar-refractivity contribution in [3.05, 3.63) is 34.3 Å². The molecular formula is C17H21N3O3S. The molecule has 0 bridgehead atoms. The molecule has 1 aromatic carbocycles. The molecule has 1 aromatic heterocycles. The summed E-state index contributed by atoms with van der Waals surface area (Å²) in [6.07, 6.45) is 1.86. The zero-order valence-electron chi connectivity index (χ0n) is 14.0. The molecule has 1 aliphatic heterocycles. The molecule has 2 aromatic rings. The van der Waals surface area contributed by atoms with E-state index < -0.39 is 0 Å². The van der Waals surface area contributed by atoms with E-state index in [2.05, 4.69) is 10.3 Å². The number of benzene rings is 1. The maximum atomic E-state index is 12.5. The van der Waals surface area contributed by atoms with Crippen LogP contribution in [0, 0.1) is 6.92 Å². The van der Waals surface area contributed by atoms with E-state index >= 15 is 0 Å². The summed E-state index contributed by atoms with van der Waals surface area (Å²) in [5, 5.41) is 3.97. The van der Waals surface area contributed by atoms with Crippen molar-refractivity contribution < 1.29 is 14.3 Å². The Kier molecular flexibility index (Phi) is 5.01. The van der Waals surface area contributed by atoms with Gasteiger partial charge in [-0.1, -0.05) is 0 Å². The Morgan fingerprint density at radius 1 is 1.38 bits per heavy atom. The number of aromatic nitrogens is 1. The summed E-state index contributed by atoms with van der Waals surface area (Å²) in [5.41, 5.74) is 0.707. The van der Waals surface area contributed by atoms with Crippen molar-refractivity contribution >= 4 is 22.9 Å². The summed E-state index contributed by atoms with van der Waals surface area (Å²) in [7, 11) is 1.93. The number of carbonyl (C=O) groups is 1. The van der Waals surface area contributed by atoms with Gasteiger partial charge in [-0.15, -0.1) is 11.3 Å². The van der Waals surface area contributed by atoms with E-state index in [0.29, 0.717) is 36.9 Å². The fourth-order valence-corrected chi connectivity index (χ4v) is 3.29. The number of thiazole rings is 1. The molecule has 0 fully saturated rings. The van der Waals surface area contributed by atoms with E-state index in [4.69, 9.17) is 9.47 Å². The van der Waals surface area contributed by atoms with E-state index in [-0.39, 0.29) is 11.9 Å². The maximum Gasteiger partial charge on any atom is 0.241 e. The molecule has 0 saturated heterocycles. The summed E-state index contributed by atoms with van der Waals surface area (Å²) in [6.45, 7) is 5.64. The smallest absolute Gasteiger partial charge is 0.241 e. The van der Waals surface area contributed by atoms with Crippen LogP contribution in [0.3, 0.4) is 0 Å². The molecule has 0 aliphatic carbocycles. The van der Waals surface area contributed by atoms with Gasteiger partial charge in [-0.25, -0.2) is 4.98 Å². The van der Waals surface area contributed by atoms with Gasteiger partial charge >= 0.3 is 0 Å². The van der Waals surface area contributed by atoms with Crippen LogP contribution in [-0.2, 0) is 11.3 Å². The highest BCUT2D eigenvalue weighted by Gasteiger charge is 2.20. The van der Waals surface area contributed by atoms with E-state index in [9.17, 15) is 4.79 Å². The second-order valence-corrected chi connectivity index (χ2v) is 7.10. The Balaban J connectivity index is 1.61. The number of amides is 1. The quantitative estimate of drug-likeness (QED) is 0.901. The van der Waals surface area contributed by atoms with Crippen molar-refractivity contribution in [3.8, 4) is 11.5 Å². The van der Waals surface area contributed by atoms with Gasteiger partial charge in [0.05, 0.1) is 11.0 Å². The zero-order chi connectivity index (χ0) is 17.1. The van der Waals surface area contributed by atoms with Crippen molar-refractivity contribution in [2.24, 2.45) is 0 Å². The minimum absolute atomic E-state index is 0.0598. The highest BCUT2D eigenvalue weighted by Crippen LogP contribution is 2.32. The molecular weight excluding hydrogens is 326 g/mol. The Morgan fingerprint density at radius 3 is 2.83 bits per heavy atom. The van der Waals surface area contributed by atoms with Crippen LogP contribution in [0.4, 0.5) is 5.69 Å². The van der Waals surface area contributed by atoms with Crippen LogP contribution in [-0.4, -0.2) is 42.1 Å². The summed E-state index contributed by atoms with van der Waals surface area (Å²) in [6, 6.07) is 5.18. The number of aryl methyl sites for hydroxylation is 1. The summed E-state index contributed by atoms with van der Waals surface area (Å²) >= 11 is 1.65. The Hall–Kier alpha value is -2.12. The average Bonchev–Trinajstić information content (AvgIpc) is 2.98. The maximum absolute atomic E-state index is 12.5. The highest BCUT2D eigenvalue weighted by molar-refractivity contribution is 7.11. The van der Waals surface area contributed by atoms with Gasteiger partial charge in [-0.05, 0) is 33.0 Å². The van der Waals surface area contributed by atoms with E-state index in [1.165, 1.54) is 0 Å². The van der Waals surface area contributed by atoms with Gasteiger partial charge in [0, 0.05) is 29.4 Å². The predicted octanol–water partition coefficient (Wildman–Crippen LogP) is 2.68. The summed E-state index contributed by atoms with van der Waals surface area (Å²) in [4.78, 5) is 19.9. The first kappa shape index (κ1) is 16.7. The highest BCUT2D eigenvalue weighted by atomic mass is 32.1. The molecule has 24 heavy (non-hydrogen) atoms. The first-order valence-electron chi connectivity index (χ1n) is 7.85. The number of hydrogen-bond acceptors (Lipinski definition) is 6. The molecule has 1 aliphatic rings. The standard InChI is InChI=1S/C17H21N3O3S/c1-11(20(3)10-14-9-18-12(2)24-14)17(21)19-13-4-5-15-16(8-13)23-7-6-22-15/h4-5,8-9,11H,6-7,10H2,1-3H3,(H,19,21)/t11-/m1/s1. The van der Waals surface area contributed by atoms with Crippen LogP contribution in [0.1, 0.15) is 16.8 Å². The van der Waals surface area contributed by atoms with Gasteiger partial charge in [0.2, 0.25) is 5.91 Å². The number of hydrogen-bond donors (Lipinski definition) is 1. The summed E-state index contributed by atoms with van der Waals surface area (Å²) < 4.78 is 11.0. The van der Waals surface area contributed by atoms with E-state index in [1.54, 1.807) is 17.4 Å². The van der Waals surface area contributed by atoms with Crippen molar-refractivity contribution in [1.82, 2.24) is 9.88 Å². The third-order valence-corrected chi connectivity index (χ3v) is 4.82. The molecule has 0 radical (unpaired) electrons. The van der Waals surface area contributed by atoms with Crippen LogP contribution in [0.25, 0.3) is 0 Å². The number of nitrogens with zero attached hydrogens (tertiary/aromatic N) is 2. The zero-order valence-corrected chi connectivity index (χ0v) is 14.9. The Labute approximate surface area is 145 Å². The normalized spacial score (nSPS) is 14.5. The lowest BCUT2D eigenvalue weighted by Crippen LogP contribution is -2.39. The Bertz CT molecular complexity index is 732. The van der Waals surface area contributed by atoms with Gasteiger partial charge in [-0.3, -0.25) is 9.69 Å². The molecule has 1 amide bonds. The van der Waals surface area contributed by atoms with Crippen LogP contribution < -0.4 is 14.8 Å². The molecule has 6 nitrogen and oxygen atoms in total. The van der Waals surface area contributed by atoms with Gasteiger partial charge in [0.15, 0.2) is 11.5 Å². The van der Waals surface area contributed by atoms with Crippen LogP contribution >= 0.6 is 11.3 Å². The number of fused-ring (bicyclic) bond motifs is 1. The van der Waals surface area contributed by atoms with Crippen molar-refractivity contribution in [2.75, 3.05) is 25.6 Å². The second kappa shape index (κ2) is 7.19. The van der Waals surface area contributed by atoms with E-state index in [0.717, 1.165) is 9.88 Å². The molecule has 1 N–H and O–H groups in total. The molecule has 0 saturated carbocycles. The van der Waals surface area contributed by atoms with Gasteiger partial charge in [0.25, 0.3) is 0 Å². The number of ether oxygens (including phenoxy) is 2. The van der Waals surface area contributed by atoms with Crippen molar-refractivity contribution in [2.45, 2.75) is 26.4 Å². The lowest BCUT2D eigenvalue weighted by molar-refractivity contribution is -0.120. The molecule has 2 heterocycles. The van der Waals surface area contributed by atoms with Crippen LogP contribution in [0.5, 0.6) is 11.5 Å². The van der Waals surface area contributed by atoms with Crippen molar-refractivity contribution in [3.63, 3.8) is 0 Å². The number of likely N-dealkylation sites (N-methyl/N-ethyl adjacent to an activating group) is 1. The second-order valence-electron chi connectivity index (χ2n) is 5.78. The van der Waals surface area contributed by atoms with Crippen LogP contribution in [0.15, 0.2) is 24.4 Å². The third kappa shape index (κ3) is 3.85. The topological polar surface area (TPSA) is 63.7 Å². The first-order valence-corrected chi connectivity index (χ1v) is 8.66. The third-order valence-electron chi connectivity index (χ3n) is 3.92. The summed E-state index contributed by atoms with van der Waals surface area (Å²) in [5.74, 6) is 1.32.